The Labute approximate surface area is 348 Å². The fraction of sp³-hybridized carbons (Fsp3) is 0.940. The number of carbonyl (C=O) groups is 3. The molecule has 0 fully saturated rings. The van der Waals surface area contributed by atoms with E-state index >= 15 is 0 Å². The second-order valence-corrected chi connectivity index (χ2v) is 17.3. The molecular formula is C50H96O6. The molecule has 0 N–H and O–H groups in total. The van der Waals surface area contributed by atoms with Crippen molar-refractivity contribution in [3.05, 3.63) is 0 Å². The van der Waals surface area contributed by atoms with Crippen molar-refractivity contribution >= 4 is 17.9 Å². The highest BCUT2D eigenvalue weighted by Gasteiger charge is 2.19. The smallest absolute Gasteiger partial charge is 0.306 e. The van der Waals surface area contributed by atoms with Crippen LogP contribution in [0.2, 0.25) is 0 Å². The zero-order valence-electron chi connectivity index (χ0n) is 38.1. The summed E-state index contributed by atoms with van der Waals surface area (Å²) in [6.45, 7) is 8.96. The highest BCUT2D eigenvalue weighted by atomic mass is 16.6. The molecule has 0 radical (unpaired) electrons. The van der Waals surface area contributed by atoms with Crippen LogP contribution in [0, 0.1) is 5.92 Å². The SMILES string of the molecule is CCCCCCCCCCCCCCCCCCCCCC(=O)OC[C@@H](COC(=O)CCCCCCC)OC(=O)CCCCCCCCCCCCC(C)CC. The van der Waals surface area contributed by atoms with E-state index in [1.165, 1.54) is 167 Å². The normalized spacial score (nSPS) is 12.4. The molecule has 6 nitrogen and oxygen atoms in total. The van der Waals surface area contributed by atoms with Gasteiger partial charge in [-0.2, -0.15) is 0 Å². The van der Waals surface area contributed by atoms with Gasteiger partial charge in [0.25, 0.3) is 0 Å². The van der Waals surface area contributed by atoms with Crippen LogP contribution in [0.4, 0.5) is 0 Å². The van der Waals surface area contributed by atoms with Gasteiger partial charge in [0.1, 0.15) is 13.2 Å². The summed E-state index contributed by atoms with van der Waals surface area (Å²) in [6.07, 6.45) is 45.5. The second-order valence-electron chi connectivity index (χ2n) is 17.3. The Morgan fingerprint density at radius 3 is 0.929 bits per heavy atom. The molecule has 0 aliphatic rings. The highest BCUT2D eigenvalue weighted by molar-refractivity contribution is 5.71. The van der Waals surface area contributed by atoms with Crippen molar-refractivity contribution in [2.24, 2.45) is 5.92 Å². The average Bonchev–Trinajstić information content (AvgIpc) is 3.19. The molecular weight excluding hydrogens is 697 g/mol. The predicted octanol–water partition coefficient (Wildman–Crippen LogP) is 15.9. The van der Waals surface area contributed by atoms with Crippen LogP contribution >= 0.6 is 0 Å². The van der Waals surface area contributed by atoms with Gasteiger partial charge in [-0.05, 0) is 25.2 Å². The van der Waals surface area contributed by atoms with E-state index in [0.29, 0.717) is 19.3 Å². The maximum absolute atomic E-state index is 12.7. The van der Waals surface area contributed by atoms with E-state index in [-0.39, 0.29) is 31.1 Å². The van der Waals surface area contributed by atoms with Crippen molar-refractivity contribution in [2.75, 3.05) is 13.2 Å². The summed E-state index contributed by atoms with van der Waals surface area (Å²) in [4.78, 5) is 37.6. The third-order valence-electron chi connectivity index (χ3n) is 11.7. The molecule has 0 heterocycles. The summed E-state index contributed by atoms with van der Waals surface area (Å²) in [5.41, 5.74) is 0. The van der Waals surface area contributed by atoms with Crippen molar-refractivity contribution in [1.82, 2.24) is 0 Å². The summed E-state index contributed by atoms with van der Waals surface area (Å²) in [7, 11) is 0. The first-order chi connectivity index (χ1) is 27.4. The Bertz CT molecular complexity index is 843. The van der Waals surface area contributed by atoms with Crippen LogP contribution in [0.5, 0.6) is 0 Å². The Kier molecular flexibility index (Phi) is 43.2. The standard InChI is InChI=1S/C50H96O6/c1-5-8-10-12-13-14-15-16-17-18-19-20-21-22-23-27-30-34-38-42-49(52)55-45-47(44-54-48(51)41-37-32-11-9-6-2)56-50(53)43-39-35-31-28-25-24-26-29-33-36-40-46(4)7-3/h46-47H,5-45H2,1-4H3/t46?,47-/m1/s1. The molecule has 0 aromatic carbocycles. The summed E-state index contributed by atoms with van der Waals surface area (Å²) < 4.78 is 16.7. The first-order valence-electron chi connectivity index (χ1n) is 24.9. The van der Waals surface area contributed by atoms with Crippen molar-refractivity contribution < 1.29 is 28.6 Å². The number of hydrogen-bond donors (Lipinski definition) is 0. The number of esters is 3. The molecule has 56 heavy (non-hydrogen) atoms. The summed E-state index contributed by atoms with van der Waals surface area (Å²) >= 11 is 0. The van der Waals surface area contributed by atoms with Crippen LogP contribution < -0.4 is 0 Å². The van der Waals surface area contributed by atoms with Crippen molar-refractivity contribution in [3.8, 4) is 0 Å². The zero-order chi connectivity index (χ0) is 41.0. The van der Waals surface area contributed by atoms with Gasteiger partial charge in [-0.1, -0.05) is 240 Å². The third kappa shape index (κ3) is 42.0. The summed E-state index contributed by atoms with van der Waals surface area (Å²) in [5, 5.41) is 0. The zero-order valence-corrected chi connectivity index (χ0v) is 38.1. The molecule has 0 bridgehead atoms. The monoisotopic (exact) mass is 793 g/mol. The second kappa shape index (κ2) is 44.5. The fourth-order valence-electron chi connectivity index (χ4n) is 7.48. The molecule has 0 aliphatic carbocycles. The molecule has 2 atom stereocenters. The third-order valence-corrected chi connectivity index (χ3v) is 11.7. The lowest BCUT2D eigenvalue weighted by Gasteiger charge is -2.18. The van der Waals surface area contributed by atoms with Crippen LogP contribution in [-0.4, -0.2) is 37.2 Å². The van der Waals surface area contributed by atoms with Gasteiger partial charge in [0.15, 0.2) is 6.10 Å². The first-order valence-corrected chi connectivity index (χ1v) is 24.9. The number of ether oxygens (including phenoxy) is 3. The van der Waals surface area contributed by atoms with Gasteiger partial charge in [0.05, 0.1) is 0 Å². The predicted molar refractivity (Wildman–Crippen MR) is 238 cm³/mol. The Balaban J connectivity index is 4.11. The molecule has 6 heteroatoms. The lowest BCUT2D eigenvalue weighted by molar-refractivity contribution is -0.167. The number of carbonyl (C=O) groups excluding carboxylic acids is 3. The molecule has 0 aromatic rings. The van der Waals surface area contributed by atoms with Crippen LogP contribution in [-0.2, 0) is 28.6 Å². The van der Waals surface area contributed by atoms with Gasteiger partial charge in [0.2, 0.25) is 0 Å². The van der Waals surface area contributed by atoms with Gasteiger partial charge in [-0.3, -0.25) is 14.4 Å². The van der Waals surface area contributed by atoms with E-state index in [1.54, 1.807) is 0 Å². The van der Waals surface area contributed by atoms with Crippen molar-refractivity contribution in [2.45, 2.75) is 284 Å². The first kappa shape index (κ1) is 54.4. The summed E-state index contributed by atoms with van der Waals surface area (Å²) in [5.74, 6) is 0.00410. The average molecular weight is 793 g/mol. The summed E-state index contributed by atoms with van der Waals surface area (Å²) in [6, 6.07) is 0. The van der Waals surface area contributed by atoms with E-state index in [2.05, 4.69) is 27.7 Å². The molecule has 0 rings (SSSR count). The van der Waals surface area contributed by atoms with E-state index in [4.69, 9.17) is 14.2 Å². The van der Waals surface area contributed by atoms with Crippen molar-refractivity contribution in [1.29, 1.82) is 0 Å². The minimum Gasteiger partial charge on any atom is -0.462 e. The molecule has 0 spiro atoms. The van der Waals surface area contributed by atoms with Gasteiger partial charge >= 0.3 is 17.9 Å². The molecule has 332 valence electrons. The van der Waals surface area contributed by atoms with Crippen LogP contribution in [0.25, 0.3) is 0 Å². The van der Waals surface area contributed by atoms with E-state index < -0.39 is 6.10 Å². The molecule has 0 aromatic heterocycles. The van der Waals surface area contributed by atoms with Crippen LogP contribution in [0.3, 0.4) is 0 Å². The minimum absolute atomic E-state index is 0.0644. The van der Waals surface area contributed by atoms with Gasteiger partial charge in [-0.25, -0.2) is 0 Å². The van der Waals surface area contributed by atoms with E-state index in [0.717, 1.165) is 70.1 Å². The highest BCUT2D eigenvalue weighted by Crippen LogP contribution is 2.17. The Hall–Kier alpha value is -1.59. The number of hydrogen-bond acceptors (Lipinski definition) is 6. The van der Waals surface area contributed by atoms with E-state index in [1.807, 2.05) is 0 Å². The minimum atomic E-state index is -0.759. The number of rotatable bonds is 45. The van der Waals surface area contributed by atoms with Gasteiger partial charge in [0, 0.05) is 19.3 Å². The topological polar surface area (TPSA) is 78.9 Å². The lowest BCUT2D eigenvalue weighted by Crippen LogP contribution is -2.30. The molecule has 0 aliphatic heterocycles. The largest absolute Gasteiger partial charge is 0.462 e. The van der Waals surface area contributed by atoms with Crippen LogP contribution in [0.1, 0.15) is 278 Å². The van der Waals surface area contributed by atoms with E-state index in [9.17, 15) is 14.4 Å². The lowest BCUT2D eigenvalue weighted by atomic mass is 9.99. The molecule has 0 amide bonds. The molecule has 0 saturated carbocycles. The van der Waals surface area contributed by atoms with Gasteiger partial charge in [-0.15, -0.1) is 0 Å². The molecule has 1 unspecified atom stereocenters. The quantitative estimate of drug-likeness (QED) is 0.0347. The van der Waals surface area contributed by atoms with Crippen molar-refractivity contribution in [3.63, 3.8) is 0 Å². The van der Waals surface area contributed by atoms with Crippen LogP contribution in [0.15, 0.2) is 0 Å². The molecule has 0 saturated heterocycles. The Morgan fingerprint density at radius 2 is 0.625 bits per heavy atom. The maximum atomic E-state index is 12.7. The Morgan fingerprint density at radius 1 is 0.357 bits per heavy atom. The fourth-order valence-corrected chi connectivity index (χ4v) is 7.48. The maximum Gasteiger partial charge on any atom is 0.306 e. The number of unbranched alkanes of at least 4 members (excludes halogenated alkanes) is 31. The van der Waals surface area contributed by atoms with Gasteiger partial charge < -0.3 is 14.2 Å².